The summed E-state index contributed by atoms with van der Waals surface area (Å²) in [6.07, 6.45) is 1.44. The third-order valence-corrected chi connectivity index (χ3v) is 4.15. The van der Waals surface area contributed by atoms with Gasteiger partial charge in [-0.15, -0.1) is 0 Å². The topological polar surface area (TPSA) is 111 Å². The molecular formula is C12H13N3O5S. The number of rotatable bonds is 6. The minimum Gasteiger partial charge on any atom is -0.465 e. The summed E-state index contributed by atoms with van der Waals surface area (Å²) >= 11 is 0. The number of nitrogens with one attached hydrogen (secondary N) is 1. The zero-order valence-electron chi connectivity index (χ0n) is 11.1. The molecule has 8 nitrogen and oxygen atoms in total. The van der Waals surface area contributed by atoms with Crippen molar-refractivity contribution in [2.45, 2.75) is 11.3 Å². The second-order valence-corrected chi connectivity index (χ2v) is 5.72. The Kier molecular flexibility index (Phi) is 4.66. The van der Waals surface area contributed by atoms with Crippen molar-refractivity contribution in [1.82, 2.24) is 14.9 Å². The van der Waals surface area contributed by atoms with E-state index < -0.39 is 16.0 Å². The maximum absolute atomic E-state index is 12.2. The first-order valence-corrected chi connectivity index (χ1v) is 7.45. The molecule has 9 heteroatoms. The Balaban J connectivity index is 2.14. The third kappa shape index (κ3) is 3.64. The van der Waals surface area contributed by atoms with Gasteiger partial charge in [0.25, 0.3) is 0 Å². The Labute approximate surface area is 121 Å². The zero-order chi connectivity index (χ0) is 15.3. The number of nitrogens with zero attached hydrogens (tertiary/aromatic N) is 2. The number of aromatic nitrogens is 2. The average Bonchev–Trinajstić information content (AvgIpc) is 2.99. The Morgan fingerprint density at radius 1 is 1.38 bits per heavy atom. The van der Waals surface area contributed by atoms with Crippen molar-refractivity contribution in [3.63, 3.8) is 0 Å². The highest BCUT2D eigenvalue weighted by Crippen LogP contribution is 2.16. The Hall–Kier alpha value is -2.26. The molecule has 2 rings (SSSR count). The summed E-state index contributed by atoms with van der Waals surface area (Å²) in [5.41, 5.74) is -0.0212. The summed E-state index contributed by atoms with van der Waals surface area (Å²) in [6.45, 7) is 0.0807. The molecule has 0 fully saturated rings. The zero-order valence-corrected chi connectivity index (χ0v) is 12.0. The van der Waals surface area contributed by atoms with Crippen molar-refractivity contribution < 1.29 is 22.5 Å². The molecule has 1 aromatic heterocycles. The molecule has 0 saturated heterocycles. The van der Waals surface area contributed by atoms with Gasteiger partial charge in [0, 0.05) is 13.0 Å². The van der Waals surface area contributed by atoms with Crippen LogP contribution in [0.25, 0.3) is 0 Å². The fraction of sp³-hybridized carbons (Fsp3) is 0.250. The monoisotopic (exact) mass is 311 g/mol. The number of esters is 1. The molecule has 1 aromatic carbocycles. The molecule has 0 aliphatic rings. The van der Waals surface area contributed by atoms with E-state index in [4.69, 9.17) is 0 Å². The Morgan fingerprint density at radius 3 is 2.81 bits per heavy atom. The van der Waals surface area contributed by atoms with E-state index in [0.717, 1.165) is 6.39 Å². The molecule has 0 aliphatic heterocycles. The van der Waals surface area contributed by atoms with Crippen molar-refractivity contribution in [2.24, 2.45) is 0 Å². The van der Waals surface area contributed by atoms with Crippen LogP contribution in [0, 0.1) is 0 Å². The number of carbonyl (C=O) groups excluding carboxylic acids is 1. The molecule has 0 atom stereocenters. The van der Waals surface area contributed by atoms with Crippen molar-refractivity contribution in [3.05, 3.63) is 42.0 Å². The van der Waals surface area contributed by atoms with Crippen LogP contribution in [0.5, 0.6) is 0 Å². The van der Waals surface area contributed by atoms with Crippen LogP contribution in [-0.4, -0.2) is 38.2 Å². The van der Waals surface area contributed by atoms with Crippen molar-refractivity contribution in [3.8, 4) is 0 Å². The van der Waals surface area contributed by atoms with Crippen LogP contribution in [0.2, 0.25) is 0 Å². The lowest BCUT2D eigenvalue weighted by molar-refractivity contribution is 0.0596. The number of hydrogen-bond donors (Lipinski definition) is 1. The van der Waals surface area contributed by atoms with E-state index in [9.17, 15) is 13.2 Å². The maximum Gasteiger partial charge on any atom is 0.339 e. The summed E-state index contributed by atoms with van der Waals surface area (Å²) in [5, 5.41) is 3.57. The van der Waals surface area contributed by atoms with Crippen molar-refractivity contribution in [2.75, 3.05) is 13.7 Å². The van der Waals surface area contributed by atoms with Crippen molar-refractivity contribution in [1.29, 1.82) is 0 Å². The predicted molar refractivity (Wildman–Crippen MR) is 71.0 cm³/mol. The highest BCUT2D eigenvalue weighted by molar-refractivity contribution is 7.89. The smallest absolute Gasteiger partial charge is 0.339 e. The average molecular weight is 311 g/mol. The third-order valence-electron chi connectivity index (χ3n) is 2.63. The largest absolute Gasteiger partial charge is 0.465 e. The van der Waals surface area contributed by atoms with Gasteiger partial charge in [0.2, 0.25) is 16.4 Å². The van der Waals surface area contributed by atoms with Crippen LogP contribution in [0.4, 0.5) is 0 Å². The number of hydrogen-bond acceptors (Lipinski definition) is 7. The summed E-state index contributed by atoms with van der Waals surface area (Å²) in [7, 11) is -2.65. The molecule has 0 amide bonds. The quantitative estimate of drug-likeness (QED) is 0.767. The molecule has 1 N–H and O–H groups in total. The second kappa shape index (κ2) is 6.46. The predicted octanol–water partition coefficient (Wildman–Crippen LogP) is 0.377. The first kappa shape index (κ1) is 15.1. The molecule has 0 bridgehead atoms. The SMILES string of the molecule is COC(=O)c1ccccc1S(=O)(=O)NCCc1ncon1. The first-order chi connectivity index (χ1) is 10.0. The van der Waals surface area contributed by atoms with E-state index >= 15 is 0 Å². The number of benzene rings is 1. The molecule has 0 aliphatic carbocycles. The Morgan fingerprint density at radius 2 is 2.14 bits per heavy atom. The van der Waals surface area contributed by atoms with E-state index in [1.165, 1.54) is 25.3 Å². The summed E-state index contributed by atoms with van der Waals surface area (Å²) < 4.78 is 35.9. The van der Waals surface area contributed by atoms with Crippen LogP contribution in [-0.2, 0) is 21.2 Å². The fourth-order valence-corrected chi connectivity index (χ4v) is 2.88. The number of ether oxygens (including phenoxy) is 1. The first-order valence-electron chi connectivity index (χ1n) is 5.97. The van der Waals surface area contributed by atoms with Gasteiger partial charge in [0.15, 0.2) is 5.82 Å². The van der Waals surface area contributed by atoms with Gasteiger partial charge in [0.1, 0.15) is 0 Å². The lowest BCUT2D eigenvalue weighted by Crippen LogP contribution is -2.28. The summed E-state index contributed by atoms with van der Waals surface area (Å²) in [5.74, 6) is -0.326. The molecular weight excluding hydrogens is 298 g/mol. The molecule has 21 heavy (non-hydrogen) atoms. The molecule has 0 unspecified atom stereocenters. The van der Waals surface area contributed by atoms with Crippen LogP contribution in [0.1, 0.15) is 16.2 Å². The number of carbonyl (C=O) groups is 1. The van der Waals surface area contributed by atoms with Crippen LogP contribution in [0.3, 0.4) is 0 Å². The highest BCUT2D eigenvalue weighted by Gasteiger charge is 2.22. The summed E-state index contributed by atoms with van der Waals surface area (Å²) in [6, 6.07) is 5.81. The van der Waals surface area contributed by atoms with E-state index in [2.05, 4.69) is 24.1 Å². The van der Waals surface area contributed by atoms with Crippen LogP contribution < -0.4 is 4.72 Å². The minimum atomic E-state index is -3.84. The normalized spacial score (nSPS) is 11.3. The lowest BCUT2D eigenvalue weighted by Gasteiger charge is -2.09. The maximum atomic E-state index is 12.2. The molecule has 2 aromatic rings. The molecule has 1 heterocycles. The molecule has 112 valence electrons. The van der Waals surface area contributed by atoms with Gasteiger partial charge < -0.3 is 9.26 Å². The fourth-order valence-electron chi connectivity index (χ4n) is 1.66. The van der Waals surface area contributed by atoms with Gasteiger partial charge in [-0.05, 0) is 12.1 Å². The highest BCUT2D eigenvalue weighted by atomic mass is 32.2. The molecule has 0 saturated carbocycles. The number of methoxy groups -OCH3 is 1. The van der Waals surface area contributed by atoms with Gasteiger partial charge in [-0.1, -0.05) is 17.3 Å². The summed E-state index contributed by atoms with van der Waals surface area (Å²) in [4.78, 5) is 15.2. The van der Waals surface area contributed by atoms with E-state index in [1.807, 2.05) is 0 Å². The molecule has 0 radical (unpaired) electrons. The van der Waals surface area contributed by atoms with E-state index in [1.54, 1.807) is 6.07 Å². The molecule has 0 spiro atoms. The van der Waals surface area contributed by atoms with Gasteiger partial charge in [0.05, 0.1) is 17.6 Å². The van der Waals surface area contributed by atoms with E-state index in [-0.39, 0.29) is 23.4 Å². The van der Waals surface area contributed by atoms with Gasteiger partial charge in [-0.25, -0.2) is 17.9 Å². The van der Waals surface area contributed by atoms with E-state index in [0.29, 0.717) is 5.82 Å². The van der Waals surface area contributed by atoms with Crippen molar-refractivity contribution >= 4 is 16.0 Å². The standard InChI is InChI=1S/C12H13N3O5S/c1-19-12(16)9-4-2-3-5-10(9)21(17,18)14-7-6-11-13-8-20-15-11/h2-5,8,14H,6-7H2,1H3. The van der Waals surface area contributed by atoms with Crippen LogP contribution in [0.15, 0.2) is 40.1 Å². The van der Waals surface area contributed by atoms with Gasteiger partial charge in [-0.2, -0.15) is 4.98 Å². The van der Waals surface area contributed by atoms with Gasteiger partial charge in [-0.3, -0.25) is 0 Å². The van der Waals surface area contributed by atoms with Gasteiger partial charge >= 0.3 is 5.97 Å². The van der Waals surface area contributed by atoms with Crippen LogP contribution >= 0.6 is 0 Å². The Bertz CT molecular complexity index is 712. The lowest BCUT2D eigenvalue weighted by atomic mass is 10.2. The minimum absolute atomic E-state index is 0.0212. The number of sulfonamides is 1. The second-order valence-electron chi connectivity index (χ2n) is 3.98.